The van der Waals surface area contributed by atoms with Gasteiger partial charge in [0.25, 0.3) is 0 Å². The van der Waals surface area contributed by atoms with Crippen molar-refractivity contribution in [2.45, 2.75) is 105 Å². The van der Waals surface area contributed by atoms with Gasteiger partial charge in [-0.3, -0.25) is 4.79 Å². The van der Waals surface area contributed by atoms with Crippen LogP contribution < -0.4 is 0 Å². The Morgan fingerprint density at radius 3 is 2.73 bits per heavy atom. The molecule has 5 aliphatic rings. The first-order valence-electron chi connectivity index (χ1n) is 13.5. The SMILES string of the molecule is C=C1C[C@@]23CC[C@@H]4[C@](C)(C(=O)O[C@H]5C=C(C)[C@@H](O)C[C@@H]5C(C)C)CCC[C@@]4(C)C2=CC[C@H]1C3. The lowest BCUT2D eigenvalue weighted by Crippen LogP contribution is -2.55. The lowest BCUT2D eigenvalue weighted by atomic mass is 9.44. The Hall–Kier alpha value is -1.35. The van der Waals surface area contributed by atoms with E-state index in [-0.39, 0.29) is 23.4 Å². The second-order valence-corrected chi connectivity index (χ2v) is 13.1. The summed E-state index contributed by atoms with van der Waals surface area (Å²) >= 11 is 0. The summed E-state index contributed by atoms with van der Waals surface area (Å²) in [4.78, 5) is 14.0. The molecule has 1 N–H and O–H groups in total. The zero-order valence-corrected chi connectivity index (χ0v) is 21.5. The van der Waals surface area contributed by atoms with Gasteiger partial charge in [0.1, 0.15) is 6.10 Å². The molecule has 0 aromatic carbocycles. The van der Waals surface area contributed by atoms with Gasteiger partial charge < -0.3 is 9.84 Å². The van der Waals surface area contributed by atoms with E-state index in [1.165, 1.54) is 24.8 Å². The molecule has 3 fully saturated rings. The molecule has 5 rings (SSSR count). The average molecular weight is 453 g/mol. The van der Waals surface area contributed by atoms with Crippen LogP contribution in [-0.4, -0.2) is 23.3 Å². The highest BCUT2D eigenvalue weighted by atomic mass is 16.5. The van der Waals surface area contributed by atoms with Crippen molar-refractivity contribution in [3.8, 4) is 0 Å². The van der Waals surface area contributed by atoms with E-state index in [9.17, 15) is 9.90 Å². The Bertz CT molecular complexity index is 912. The molecular formula is C30H44O3. The van der Waals surface area contributed by atoms with Crippen LogP contribution in [0.15, 0.2) is 35.5 Å². The molecule has 0 aromatic rings. The molecule has 0 unspecified atom stereocenters. The number of carbonyl (C=O) groups excluding carboxylic acids is 1. The van der Waals surface area contributed by atoms with Gasteiger partial charge >= 0.3 is 5.97 Å². The molecule has 0 saturated heterocycles. The van der Waals surface area contributed by atoms with Crippen LogP contribution in [0.4, 0.5) is 0 Å². The van der Waals surface area contributed by atoms with Crippen molar-refractivity contribution in [3.05, 3.63) is 35.5 Å². The molecule has 182 valence electrons. The highest BCUT2D eigenvalue weighted by molar-refractivity contribution is 5.78. The van der Waals surface area contributed by atoms with Crippen molar-refractivity contribution in [3.63, 3.8) is 0 Å². The fourth-order valence-corrected chi connectivity index (χ4v) is 8.96. The van der Waals surface area contributed by atoms with Gasteiger partial charge in [0.15, 0.2) is 0 Å². The number of carbonyl (C=O) groups is 1. The first-order chi connectivity index (χ1) is 15.5. The molecule has 0 heterocycles. The third-order valence-corrected chi connectivity index (χ3v) is 10.9. The number of rotatable bonds is 3. The number of hydrogen-bond acceptors (Lipinski definition) is 3. The minimum Gasteiger partial charge on any atom is -0.457 e. The summed E-state index contributed by atoms with van der Waals surface area (Å²) in [5, 5.41) is 10.4. The van der Waals surface area contributed by atoms with Gasteiger partial charge in [-0.15, -0.1) is 0 Å². The minimum atomic E-state index is -0.443. The quantitative estimate of drug-likeness (QED) is 0.380. The van der Waals surface area contributed by atoms with E-state index < -0.39 is 11.5 Å². The van der Waals surface area contributed by atoms with Gasteiger partial charge in [-0.05, 0) is 105 Å². The topological polar surface area (TPSA) is 46.5 Å². The number of aliphatic hydroxyl groups excluding tert-OH is 1. The van der Waals surface area contributed by atoms with Crippen molar-refractivity contribution >= 4 is 5.97 Å². The molecule has 8 atom stereocenters. The monoisotopic (exact) mass is 452 g/mol. The normalized spacial score (nSPS) is 46.9. The summed E-state index contributed by atoms with van der Waals surface area (Å²) in [5.74, 6) is 1.54. The molecule has 2 bridgehead atoms. The maximum atomic E-state index is 14.0. The Balaban J connectivity index is 1.43. The molecule has 5 aliphatic carbocycles. The third kappa shape index (κ3) is 3.43. The zero-order valence-electron chi connectivity index (χ0n) is 21.5. The van der Waals surface area contributed by atoms with Crippen LogP contribution in [-0.2, 0) is 9.53 Å². The van der Waals surface area contributed by atoms with Gasteiger partial charge in [-0.1, -0.05) is 51.0 Å². The molecule has 1 spiro atoms. The fourth-order valence-electron chi connectivity index (χ4n) is 8.96. The van der Waals surface area contributed by atoms with Crippen LogP contribution in [0.2, 0.25) is 0 Å². The number of esters is 1. The van der Waals surface area contributed by atoms with Crippen molar-refractivity contribution < 1.29 is 14.6 Å². The van der Waals surface area contributed by atoms with Crippen LogP contribution in [0.5, 0.6) is 0 Å². The molecular weight excluding hydrogens is 408 g/mol. The molecule has 3 nitrogen and oxygen atoms in total. The highest BCUT2D eigenvalue weighted by Crippen LogP contribution is 2.70. The third-order valence-electron chi connectivity index (χ3n) is 10.9. The van der Waals surface area contributed by atoms with Crippen molar-refractivity contribution in [1.82, 2.24) is 0 Å². The van der Waals surface area contributed by atoms with Crippen molar-refractivity contribution in [1.29, 1.82) is 0 Å². The zero-order chi connectivity index (χ0) is 23.8. The number of hydrogen-bond donors (Lipinski definition) is 1. The molecule has 0 amide bonds. The lowest BCUT2D eigenvalue weighted by Gasteiger charge is -2.60. The first-order valence-corrected chi connectivity index (χ1v) is 13.5. The first kappa shape index (κ1) is 23.4. The maximum absolute atomic E-state index is 14.0. The van der Waals surface area contributed by atoms with Crippen LogP contribution in [0.1, 0.15) is 92.4 Å². The summed E-state index contributed by atoms with van der Waals surface area (Å²) in [6, 6.07) is 0. The van der Waals surface area contributed by atoms with Crippen LogP contribution in [0, 0.1) is 39.9 Å². The fraction of sp³-hybridized carbons (Fsp3) is 0.767. The Morgan fingerprint density at radius 2 is 2.00 bits per heavy atom. The number of ether oxygens (including phenoxy) is 1. The van der Waals surface area contributed by atoms with E-state index in [2.05, 4.69) is 40.3 Å². The summed E-state index contributed by atoms with van der Waals surface area (Å²) in [5.41, 5.74) is 4.02. The maximum Gasteiger partial charge on any atom is 0.312 e. The highest BCUT2D eigenvalue weighted by Gasteiger charge is 2.63. The number of fused-ring (bicyclic) bond motifs is 3. The summed E-state index contributed by atoms with van der Waals surface area (Å²) in [6.07, 6.45) is 13.7. The predicted molar refractivity (Wildman–Crippen MR) is 132 cm³/mol. The van der Waals surface area contributed by atoms with Crippen LogP contribution in [0.3, 0.4) is 0 Å². The van der Waals surface area contributed by atoms with E-state index in [1.807, 2.05) is 13.0 Å². The molecule has 3 heteroatoms. The molecule has 0 aliphatic heterocycles. The van der Waals surface area contributed by atoms with Gasteiger partial charge in [0.2, 0.25) is 0 Å². The molecule has 33 heavy (non-hydrogen) atoms. The summed E-state index contributed by atoms with van der Waals surface area (Å²) < 4.78 is 6.37. The predicted octanol–water partition coefficient (Wildman–Crippen LogP) is 6.77. The Morgan fingerprint density at radius 1 is 1.24 bits per heavy atom. The standard InChI is InChI=1S/C30H44O3/c1-18(2)22-15-23(31)19(3)14-24(22)33-27(32)29(6)12-7-11-28(5)25(29)10-13-30-16-20(4)21(17-30)8-9-26(28)30/h9,14,18,21-25,31H,4,7-8,10-13,15-17H2,1-3,5-6H3/t21-,22+,23-,24-,25-,28+,29+,30+/m0/s1. The molecule has 0 aromatic heterocycles. The van der Waals surface area contributed by atoms with Crippen LogP contribution in [0.25, 0.3) is 0 Å². The Labute approximate surface area is 200 Å². The van der Waals surface area contributed by atoms with Crippen LogP contribution >= 0.6 is 0 Å². The average Bonchev–Trinajstić information content (AvgIpc) is 2.98. The second-order valence-electron chi connectivity index (χ2n) is 13.1. The summed E-state index contributed by atoms with van der Waals surface area (Å²) in [6.45, 7) is 15.4. The minimum absolute atomic E-state index is 0.00409. The van der Waals surface area contributed by atoms with E-state index >= 15 is 0 Å². The van der Waals surface area contributed by atoms with Gasteiger partial charge in [0, 0.05) is 5.92 Å². The molecule has 0 radical (unpaired) electrons. The van der Waals surface area contributed by atoms with Crippen molar-refractivity contribution in [2.24, 2.45) is 39.9 Å². The van der Waals surface area contributed by atoms with E-state index in [1.54, 1.807) is 5.57 Å². The number of allylic oxidation sites excluding steroid dienone is 3. The smallest absolute Gasteiger partial charge is 0.312 e. The molecule has 3 saturated carbocycles. The van der Waals surface area contributed by atoms with E-state index in [0.717, 1.165) is 37.7 Å². The largest absolute Gasteiger partial charge is 0.457 e. The van der Waals surface area contributed by atoms with E-state index in [4.69, 9.17) is 4.74 Å². The van der Waals surface area contributed by atoms with E-state index in [0.29, 0.717) is 29.6 Å². The lowest BCUT2D eigenvalue weighted by molar-refractivity contribution is -0.175. The second kappa shape index (κ2) is 7.83. The van der Waals surface area contributed by atoms with Gasteiger partial charge in [-0.25, -0.2) is 0 Å². The van der Waals surface area contributed by atoms with Gasteiger partial charge in [-0.2, -0.15) is 0 Å². The number of aliphatic hydroxyl groups is 1. The van der Waals surface area contributed by atoms with Gasteiger partial charge in [0.05, 0.1) is 11.5 Å². The van der Waals surface area contributed by atoms with Crippen molar-refractivity contribution in [2.75, 3.05) is 0 Å². The Kier molecular flexibility index (Phi) is 5.55. The summed E-state index contributed by atoms with van der Waals surface area (Å²) in [7, 11) is 0.